The van der Waals surface area contributed by atoms with Gasteiger partial charge in [-0.1, -0.05) is 35.6 Å². The molecule has 0 spiro atoms. The number of nitrogens with one attached hydrogen (secondary N) is 1. The third-order valence-electron chi connectivity index (χ3n) is 4.31. The molecule has 3 rings (SSSR count). The van der Waals surface area contributed by atoms with Crippen LogP contribution < -0.4 is 10.1 Å². The van der Waals surface area contributed by atoms with Crippen molar-refractivity contribution in [3.8, 4) is 5.75 Å². The van der Waals surface area contributed by atoms with Crippen LogP contribution in [0.25, 0.3) is 10.2 Å². The molecule has 0 saturated heterocycles. The molecule has 29 heavy (non-hydrogen) atoms. The van der Waals surface area contributed by atoms with Gasteiger partial charge in [0.2, 0.25) is 0 Å². The highest BCUT2D eigenvalue weighted by Crippen LogP contribution is 2.29. The molecule has 0 aliphatic rings. The van der Waals surface area contributed by atoms with E-state index in [1.165, 1.54) is 11.3 Å². The molecule has 1 heterocycles. The van der Waals surface area contributed by atoms with E-state index >= 15 is 0 Å². The average molecular weight is 413 g/mol. The smallest absolute Gasteiger partial charge is 0.306 e. The van der Waals surface area contributed by atoms with Crippen molar-refractivity contribution in [3.05, 3.63) is 53.1 Å². The second kappa shape index (κ2) is 9.52. The third-order valence-corrected chi connectivity index (χ3v) is 5.23. The zero-order valence-electron chi connectivity index (χ0n) is 16.8. The van der Waals surface area contributed by atoms with Crippen LogP contribution in [-0.4, -0.2) is 30.1 Å². The molecule has 3 aromatic rings. The first kappa shape index (κ1) is 20.8. The van der Waals surface area contributed by atoms with Crippen molar-refractivity contribution in [1.29, 1.82) is 0 Å². The molecule has 7 heteroatoms. The first-order valence-corrected chi connectivity index (χ1v) is 10.3. The fraction of sp³-hybridized carbons (Fsp3) is 0.318. The first-order valence-electron chi connectivity index (χ1n) is 9.50. The second-order valence-electron chi connectivity index (χ2n) is 6.70. The number of aromatic nitrogens is 1. The SMILES string of the molecule is CCOc1ccccc1CCC(=O)OCC(=O)Nc1nc2c(C)cc(C)cc2s1. The molecule has 0 unspecified atom stereocenters. The number of benzene rings is 2. The van der Waals surface area contributed by atoms with Crippen molar-refractivity contribution < 1.29 is 19.1 Å². The molecular weight excluding hydrogens is 388 g/mol. The Morgan fingerprint density at radius 3 is 2.76 bits per heavy atom. The van der Waals surface area contributed by atoms with Crippen molar-refractivity contribution in [3.63, 3.8) is 0 Å². The Labute approximate surface area is 173 Å². The Balaban J connectivity index is 1.49. The van der Waals surface area contributed by atoms with Crippen LogP contribution in [-0.2, 0) is 20.7 Å². The normalized spacial score (nSPS) is 10.7. The van der Waals surface area contributed by atoms with Gasteiger partial charge in [-0.15, -0.1) is 0 Å². The Hall–Kier alpha value is -2.93. The van der Waals surface area contributed by atoms with E-state index in [-0.39, 0.29) is 13.0 Å². The molecule has 0 bridgehead atoms. The lowest BCUT2D eigenvalue weighted by Crippen LogP contribution is -2.21. The van der Waals surface area contributed by atoms with Crippen molar-refractivity contribution in [2.24, 2.45) is 0 Å². The van der Waals surface area contributed by atoms with E-state index in [4.69, 9.17) is 9.47 Å². The van der Waals surface area contributed by atoms with Crippen molar-refractivity contribution in [1.82, 2.24) is 4.98 Å². The number of carbonyl (C=O) groups excluding carboxylic acids is 2. The molecule has 0 fully saturated rings. The number of esters is 1. The number of para-hydroxylation sites is 1. The number of rotatable bonds is 8. The number of amides is 1. The lowest BCUT2D eigenvalue weighted by atomic mass is 10.1. The number of hydrogen-bond donors (Lipinski definition) is 1. The van der Waals surface area contributed by atoms with E-state index in [0.717, 1.165) is 32.7 Å². The quantitative estimate of drug-likeness (QED) is 0.554. The van der Waals surface area contributed by atoms with Gasteiger partial charge in [0.05, 0.1) is 16.8 Å². The summed E-state index contributed by atoms with van der Waals surface area (Å²) in [7, 11) is 0. The van der Waals surface area contributed by atoms with E-state index in [0.29, 0.717) is 18.2 Å². The van der Waals surface area contributed by atoms with E-state index in [9.17, 15) is 9.59 Å². The summed E-state index contributed by atoms with van der Waals surface area (Å²) in [6.45, 7) is 6.16. The van der Waals surface area contributed by atoms with Crippen LogP contribution in [0.15, 0.2) is 36.4 Å². The fourth-order valence-corrected chi connectivity index (χ4v) is 4.10. The molecule has 152 valence electrons. The monoisotopic (exact) mass is 412 g/mol. The number of ether oxygens (including phenoxy) is 2. The number of carbonyl (C=O) groups is 2. The zero-order valence-corrected chi connectivity index (χ0v) is 17.6. The Bertz CT molecular complexity index is 1030. The summed E-state index contributed by atoms with van der Waals surface area (Å²) in [5, 5.41) is 3.20. The van der Waals surface area contributed by atoms with E-state index in [1.54, 1.807) is 0 Å². The van der Waals surface area contributed by atoms with Crippen LogP contribution in [0.3, 0.4) is 0 Å². The maximum absolute atomic E-state index is 12.1. The first-order chi connectivity index (χ1) is 14.0. The Morgan fingerprint density at radius 2 is 1.97 bits per heavy atom. The molecule has 0 saturated carbocycles. The predicted molar refractivity (Wildman–Crippen MR) is 115 cm³/mol. The van der Waals surface area contributed by atoms with Gasteiger partial charge >= 0.3 is 5.97 Å². The van der Waals surface area contributed by atoms with Crippen LogP contribution in [0.1, 0.15) is 30.0 Å². The number of thiazole rings is 1. The van der Waals surface area contributed by atoms with Gasteiger partial charge in [-0.2, -0.15) is 0 Å². The summed E-state index contributed by atoms with van der Waals surface area (Å²) in [6.07, 6.45) is 0.671. The summed E-state index contributed by atoms with van der Waals surface area (Å²) in [5.74, 6) is -0.0642. The number of anilines is 1. The van der Waals surface area contributed by atoms with Gasteiger partial charge in [0.1, 0.15) is 5.75 Å². The molecule has 0 atom stereocenters. The standard InChI is InChI=1S/C22H24N2O4S/c1-4-27-17-8-6-5-7-16(17)9-10-20(26)28-13-19(25)23-22-24-21-15(3)11-14(2)12-18(21)29-22/h5-8,11-12H,4,9-10,13H2,1-3H3,(H,23,24,25). The predicted octanol–water partition coefficient (Wildman–Crippen LogP) is 4.43. The molecule has 6 nitrogen and oxygen atoms in total. The molecule has 2 aromatic carbocycles. The molecule has 1 N–H and O–H groups in total. The van der Waals surface area contributed by atoms with E-state index < -0.39 is 11.9 Å². The largest absolute Gasteiger partial charge is 0.494 e. The van der Waals surface area contributed by atoms with Crippen molar-refractivity contribution >= 4 is 38.6 Å². The van der Waals surface area contributed by atoms with Crippen LogP contribution >= 0.6 is 11.3 Å². The number of nitrogens with zero attached hydrogens (tertiary/aromatic N) is 1. The van der Waals surface area contributed by atoms with Gasteiger partial charge in [-0.25, -0.2) is 4.98 Å². The van der Waals surface area contributed by atoms with Crippen LogP contribution in [0.5, 0.6) is 5.75 Å². The van der Waals surface area contributed by atoms with Gasteiger partial charge in [-0.3, -0.25) is 14.9 Å². The number of aryl methyl sites for hydroxylation is 3. The summed E-state index contributed by atoms with van der Waals surface area (Å²) < 4.78 is 11.7. The fourth-order valence-electron chi connectivity index (χ4n) is 3.04. The summed E-state index contributed by atoms with van der Waals surface area (Å²) in [6, 6.07) is 11.7. The molecule has 1 aromatic heterocycles. The highest BCUT2D eigenvalue weighted by Gasteiger charge is 2.13. The van der Waals surface area contributed by atoms with Gasteiger partial charge in [0, 0.05) is 6.42 Å². The highest BCUT2D eigenvalue weighted by atomic mass is 32.1. The molecule has 0 aliphatic carbocycles. The topological polar surface area (TPSA) is 77.5 Å². The Morgan fingerprint density at radius 1 is 1.17 bits per heavy atom. The van der Waals surface area contributed by atoms with Gasteiger partial charge < -0.3 is 9.47 Å². The Kier molecular flexibility index (Phi) is 6.82. The maximum atomic E-state index is 12.1. The summed E-state index contributed by atoms with van der Waals surface area (Å²) in [4.78, 5) is 28.6. The van der Waals surface area contributed by atoms with E-state index in [1.807, 2.05) is 51.1 Å². The van der Waals surface area contributed by atoms with Gasteiger partial charge in [0.25, 0.3) is 5.91 Å². The molecule has 1 amide bonds. The van der Waals surface area contributed by atoms with Gasteiger partial charge in [0.15, 0.2) is 11.7 Å². The summed E-state index contributed by atoms with van der Waals surface area (Å²) in [5.41, 5.74) is 4.03. The lowest BCUT2D eigenvalue weighted by molar-refractivity contribution is -0.147. The lowest BCUT2D eigenvalue weighted by Gasteiger charge is -2.09. The second-order valence-corrected chi connectivity index (χ2v) is 7.73. The highest BCUT2D eigenvalue weighted by molar-refractivity contribution is 7.22. The molecule has 0 aliphatic heterocycles. The van der Waals surface area contributed by atoms with Crippen LogP contribution in [0, 0.1) is 13.8 Å². The van der Waals surface area contributed by atoms with Crippen LogP contribution in [0.2, 0.25) is 0 Å². The van der Waals surface area contributed by atoms with Crippen molar-refractivity contribution in [2.45, 2.75) is 33.6 Å². The zero-order chi connectivity index (χ0) is 20.8. The molecule has 0 radical (unpaired) electrons. The molecular formula is C22H24N2O4S. The minimum atomic E-state index is -0.428. The third kappa shape index (κ3) is 5.54. The van der Waals surface area contributed by atoms with Gasteiger partial charge in [-0.05, 0) is 56.0 Å². The maximum Gasteiger partial charge on any atom is 0.306 e. The average Bonchev–Trinajstić information content (AvgIpc) is 3.08. The number of hydrogen-bond acceptors (Lipinski definition) is 6. The minimum Gasteiger partial charge on any atom is -0.494 e. The van der Waals surface area contributed by atoms with E-state index in [2.05, 4.69) is 16.4 Å². The number of fused-ring (bicyclic) bond motifs is 1. The minimum absolute atomic E-state index is 0.178. The van der Waals surface area contributed by atoms with Crippen LogP contribution in [0.4, 0.5) is 5.13 Å². The van der Waals surface area contributed by atoms with Crippen molar-refractivity contribution in [2.75, 3.05) is 18.5 Å². The summed E-state index contributed by atoms with van der Waals surface area (Å²) >= 11 is 1.40.